The highest BCUT2D eigenvalue weighted by molar-refractivity contribution is 5.40. The molecule has 2 atom stereocenters. The van der Waals surface area contributed by atoms with E-state index in [9.17, 15) is 0 Å². The van der Waals surface area contributed by atoms with Crippen molar-refractivity contribution in [3.63, 3.8) is 0 Å². The van der Waals surface area contributed by atoms with Crippen molar-refractivity contribution in [1.82, 2.24) is 0 Å². The molecule has 4 rings (SSSR count). The van der Waals surface area contributed by atoms with Gasteiger partial charge in [-0.2, -0.15) is 0 Å². The Balaban J connectivity index is 1.76. The van der Waals surface area contributed by atoms with E-state index >= 15 is 0 Å². The van der Waals surface area contributed by atoms with Crippen LogP contribution in [0.5, 0.6) is 11.5 Å². The second-order valence-electron chi connectivity index (χ2n) is 6.67. The van der Waals surface area contributed by atoms with Crippen LogP contribution in [-0.4, -0.2) is 26.4 Å². The molecule has 1 saturated carbocycles. The van der Waals surface area contributed by atoms with Crippen LogP contribution in [0.25, 0.3) is 0 Å². The number of hydrogen-bond acceptors (Lipinski definition) is 4. The maximum Gasteiger partial charge on any atom is 0.223 e. The first-order valence-electron chi connectivity index (χ1n) is 8.90. The third-order valence-corrected chi connectivity index (χ3v) is 5.22. The molecule has 0 unspecified atom stereocenters. The summed E-state index contributed by atoms with van der Waals surface area (Å²) >= 11 is 0. The SMILES string of the molecule is COc1ccc(C2(c3ccc(OC)cc3)O[C@H]3CCCC[C@H]3O2)cc1. The molecular formula is C21H24O4. The van der Waals surface area contributed by atoms with E-state index in [0.29, 0.717) is 0 Å². The molecule has 0 aromatic heterocycles. The van der Waals surface area contributed by atoms with E-state index in [1.165, 1.54) is 12.8 Å². The average molecular weight is 340 g/mol. The molecule has 0 N–H and O–H groups in total. The Kier molecular flexibility index (Phi) is 4.40. The molecule has 25 heavy (non-hydrogen) atoms. The highest BCUT2D eigenvalue weighted by Crippen LogP contribution is 2.47. The largest absolute Gasteiger partial charge is 0.497 e. The van der Waals surface area contributed by atoms with E-state index in [1.54, 1.807) is 14.2 Å². The van der Waals surface area contributed by atoms with Gasteiger partial charge in [-0.05, 0) is 61.4 Å². The Morgan fingerprint density at radius 3 is 1.48 bits per heavy atom. The van der Waals surface area contributed by atoms with E-state index in [2.05, 4.69) is 0 Å². The van der Waals surface area contributed by atoms with Crippen molar-refractivity contribution >= 4 is 0 Å². The third kappa shape index (κ3) is 2.90. The van der Waals surface area contributed by atoms with E-state index in [4.69, 9.17) is 18.9 Å². The second-order valence-corrected chi connectivity index (χ2v) is 6.67. The predicted octanol–water partition coefficient (Wildman–Crippen LogP) is 4.26. The summed E-state index contributed by atoms with van der Waals surface area (Å²) in [6, 6.07) is 15.9. The van der Waals surface area contributed by atoms with Crippen LogP contribution >= 0.6 is 0 Å². The van der Waals surface area contributed by atoms with Gasteiger partial charge in [0.2, 0.25) is 5.79 Å². The summed E-state index contributed by atoms with van der Waals surface area (Å²) in [6.07, 6.45) is 4.81. The van der Waals surface area contributed by atoms with Crippen molar-refractivity contribution in [3.05, 3.63) is 59.7 Å². The number of hydrogen-bond donors (Lipinski definition) is 0. The van der Waals surface area contributed by atoms with Gasteiger partial charge in [-0.15, -0.1) is 0 Å². The van der Waals surface area contributed by atoms with Gasteiger partial charge in [0, 0.05) is 11.1 Å². The molecule has 1 aliphatic heterocycles. The molecule has 0 amide bonds. The molecule has 1 saturated heterocycles. The van der Waals surface area contributed by atoms with Crippen LogP contribution in [-0.2, 0) is 15.3 Å². The van der Waals surface area contributed by atoms with Crippen LogP contribution in [0.2, 0.25) is 0 Å². The first-order chi connectivity index (χ1) is 12.2. The quantitative estimate of drug-likeness (QED) is 0.833. The first-order valence-corrected chi connectivity index (χ1v) is 8.90. The van der Waals surface area contributed by atoms with Crippen LogP contribution in [0.1, 0.15) is 36.8 Å². The van der Waals surface area contributed by atoms with Gasteiger partial charge in [0.1, 0.15) is 11.5 Å². The minimum Gasteiger partial charge on any atom is -0.497 e. The summed E-state index contributed by atoms with van der Waals surface area (Å²) in [7, 11) is 3.34. The van der Waals surface area contributed by atoms with Crippen LogP contribution < -0.4 is 9.47 Å². The van der Waals surface area contributed by atoms with Gasteiger partial charge in [-0.3, -0.25) is 0 Å². The summed E-state index contributed by atoms with van der Waals surface area (Å²) in [5, 5.41) is 0. The van der Waals surface area contributed by atoms with Gasteiger partial charge >= 0.3 is 0 Å². The monoisotopic (exact) mass is 340 g/mol. The van der Waals surface area contributed by atoms with Gasteiger partial charge < -0.3 is 18.9 Å². The molecule has 0 spiro atoms. The van der Waals surface area contributed by atoms with E-state index < -0.39 is 5.79 Å². The highest BCUT2D eigenvalue weighted by atomic mass is 16.8. The highest BCUT2D eigenvalue weighted by Gasteiger charge is 2.50. The molecule has 4 heteroatoms. The minimum atomic E-state index is -0.863. The molecule has 2 fully saturated rings. The van der Waals surface area contributed by atoms with E-state index in [0.717, 1.165) is 35.5 Å². The summed E-state index contributed by atoms with van der Waals surface area (Å²) in [5.41, 5.74) is 1.99. The zero-order chi connectivity index (χ0) is 17.3. The Hall–Kier alpha value is -2.04. The van der Waals surface area contributed by atoms with Gasteiger partial charge in [-0.1, -0.05) is 12.8 Å². The molecule has 4 nitrogen and oxygen atoms in total. The predicted molar refractivity (Wildman–Crippen MR) is 95.0 cm³/mol. The molecule has 2 aromatic rings. The fourth-order valence-electron chi connectivity index (χ4n) is 3.85. The van der Waals surface area contributed by atoms with Crippen molar-refractivity contribution < 1.29 is 18.9 Å². The Bertz CT molecular complexity index is 644. The average Bonchev–Trinajstić information content (AvgIpc) is 3.09. The van der Waals surface area contributed by atoms with Gasteiger partial charge in [0.25, 0.3) is 0 Å². The number of fused-ring (bicyclic) bond motifs is 1. The summed E-state index contributed by atoms with van der Waals surface area (Å²) in [5.74, 6) is 0.783. The zero-order valence-corrected chi connectivity index (χ0v) is 14.7. The van der Waals surface area contributed by atoms with Gasteiger partial charge in [0.05, 0.1) is 26.4 Å². The lowest BCUT2D eigenvalue weighted by Crippen LogP contribution is -2.29. The number of benzene rings is 2. The molecule has 1 heterocycles. The number of methoxy groups -OCH3 is 2. The van der Waals surface area contributed by atoms with Gasteiger partial charge in [-0.25, -0.2) is 0 Å². The molecular weight excluding hydrogens is 316 g/mol. The van der Waals surface area contributed by atoms with Gasteiger partial charge in [0.15, 0.2) is 0 Å². The Labute approximate surface area is 148 Å². The molecule has 2 aliphatic rings. The van der Waals surface area contributed by atoms with Crippen molar-refractivity contribution in [1.29, 1.82) is 0 Å². The number of rotatable bonds is 4. The van der Waals surface area contributed by atoms with Crippen LogP contribution in [0.3, 0.4) is 0 Å². The third-order valence-electron chi connectivity index (χ3n) is 5.22. The normalized spacial score (nSPS) is 24.6. The summed E-state index contributed by atoms with van der Waals surface area (Å²) < 4.78 is 23.7. The smallest absolute Gasteiger partial charge is 0.223 e. The minimum absolute atomic E-state index is 0.151. The standard InChI is InChI=1S/C21H24O4/c1-22-17-11-7-15(8-12-17)21(16-9-13-18(23-2)14-10-16)24-19-5-3-4-6-20(19)25-21/h7-14,19-20H,3-6H2,1-2H3/t19-,20+. The molecule has 0 bridgehead atoms. The van der Waals surface area contributed by atoms with Crippen molar-refractivity contribution in [2.24, 2.45) is 0 Å². The topological polar surface area (TPSA) is 36.9 Å². The van der Waals surface area contributed by atoms with Crippen LogP contribution in [0, 0.1) is 0 Å². The summed E-state index contributed by atoms with van der Waals surface area (Å²) in [4.78, 5) is 0. The Morgan fingerprint density at radius 2 is 1.12 bits per heavy atom. The molecule has 2 aromatic carbocycles. The molecule has 1 aliphatic carbocycles. The molecule has 0 radical (unpaired) electrons. The maximum absolute atomic E-state index is 6.57. The number of ether oxygens (including phenoxy) is 4. The first kappa shape index (κ1) is 16.4. The second kappa shape index (κ2) is 6.70. The van der Waals surface area contributed by atoms with E-state index in [1.807, 2.05) is 48.5 Å². The van der Waals surface area contributed by atoms with Crippen LogP contribution in [0.4, 0.5) is 0 Å². The van der Waals surface area contributed by atoms with E-state index in [-0.39, 0.29) is 12.2 Å². The lowest BCUT2D eigenvalue weighted by atomic mass is 9.95. The Morgan fingerprint density at radius 1 is 0.720 bits per heavy atom. The summed E-state index contributed by atoms with van der Waals surface area (Å²) in [6.45, 7) is 0. The lowest BCUT2D eigenvalue weighted by Gasteiger charge is -2.29. The maximum atomic E-state index is 6.57. The van der Waals surface area contributed by atoms with Crippen LogP contribution in [0.15, 0.2) is 48.5 Å². The zero-order valence-electron chi connectivity index (χ0n) is 14.7. The lowest BCUT2D eigenvalue weighted by molar-refractivity contribution is -0.150. The van der Waals surface area contributed by atoms with Crippen molar-refractivity contribution in [3.8, 4) is 11.5 Å². The fraction of sp³-hybridized carbons (Fsp3) is 0.429. The molecule has 132 valence electrons. The van der Waals surface area contributed by atoms with Crippen molar-refractivity contribution in [2.45, 2.75) is 43.7 Å². The fourth-order valence-corrected chi connectivity index (χ4v) is 3.85. The van der Waals surface area contributed by atoms with Crippen molar-refractivity contribution in [2.75, 3.05) is 14.2 Å².